The quantitative estimate of drug-likeness (QED) is 0.524. The second-order valence-electron chi connectivity index (χ2n) is 6.93. The molecular formula is C20H18N6OS. The summed E-state index contributed by atoms with van der Waals surface area (Å²) in [6.07, 6.45) is 4.48. The van der Waals surface area contributed by atoms with E-state index in [1.807, 2.05) is 38.2 Å². The zero-order valence-electron chi connectivity index (χ0n) is 15.6. The highest BCUT2D eigenvalue weighted by Gasteiger charge is 2.24. The molecule has 0 bridgehead atoms. The topological polar surface area (TPSA) is 76.3 Å². The molecule has 1 aliphatic rings. The highest BCUT2D eigenvalue weighted by Crippen LogP contribution is 2.32. The normalized spacial score (nSPS) is 13.7. The van der Waals surface area contributed by atoms with Crippen molar-refractivity contribution in [2.24, 2.45) is 0 Å². The predicted molar refractivity (Wildman–Crippen MR) is 109 cm³/mol. The van der Waals surface area contributed by atoms with Crippen LogP contribution in [0.3, 0.4) is 0 Å². The molecule has 0 unspecified atom stereocenters. The molecule has 7 nitrogen and oxygen atoms in total. The molecule has 5 rings (SSSR count). The van der Waals surface area contributed by atoms with Crippen LogP contribution in [0.25, 0.3) is 16.5 Å². The van der Waals surface area contributed by atoms with Gasteiger partial charge in [-0.15, -0.1) is 11.3 Å². The number of fused-ring (bicyclic) bond motifs is 2. The first-order chi connectivity index (χ1) is 13.6. The maximum absolute atomic E-state index is 12.2. The van der Waals surface area contributed by atoms with Crippen molar-refractivity contribution in [1.82, 2.24) is 24.3 Å². The van der Waals surface area contributed by atoms with E-state index >= 15 is 0 Å². The molecular weight excluding hydrogens is 372 g/mol. The Kier molecular flexibility index (Phi) is 3.94. The largest absolute Gasteiger partial charge is 0.351 e. The van der Waals surface area contributed by atoms with Gasteiger partial charge in [0.2, 0.25) is 5.78 Å². The lowest BCUT2D eigenvalue weighted by molar-refractivity contribution is 0.714. The number of nitrogens with zero attached hydrogens (tertiary/aromatic N) is 6. The van der Waals surface area contributed by atoms with E-state index in [1.165, 1.54) is 15.3 Å². The first-order valence-corrected chi connectivity index (χ1v) is 9.93. The van der Waals surface area contributed by atoms with Crippen LogP contribution in [0.5, 0.6) is 0 Å². The molecule has 0 spiro atoms. The van der Waals surface area contributed by atoms with Gasteiger partial charge in [-0.1, -0.05) is 6.07 Å². The van der Waals surface area contributed by atoms with Gasteiger partial charge in [-0.3, -0.25) is 14.2 Å². The molecule has 0 aromatic carbocycles. The Labute approximate surface area is 165 Å². The Morgan fingerprint density at radius 3 is 2.86 bits per heavy atom. The standard InChI is InChI=1S/C20H18N6OS/c1-12-10-26-17(27)9-13(2)22-20(26)24-18(12)25-8-6-14-16(11-25)28-19(23-14)15-5-3-4-7-21-15/h3-5,7,9-10H,6,8,11H2,1-2H3. The number of hydrogen-bond donors (Lipinski definition) is 0. The molecule has 8 heteroatoms. The van der Waals surface area contributed by atoms with E-state index < -0.39 is 0 Å². The van der Waals surface area contributed by atoms with Gasteiger partial charge in [0.05, 0.1) is 17.9 Å². The predicted octanol–water partition coefficient (Wildman–Crippen LogP) is 2.79. The van der Waals surface area contributed by atoms with Crippen LogP contribution in [0.4, 0.5) is 5.82 Å². The van der Waals surface area contributed by atoms with Gasteiger partial charge < -0.3 is 4.90 Å². The molecule has 0 saturated carbocycles. The van der Waals surface area contributed by atoms with Gasteiger partial charge in [-0.25, -0.2) is 9.97 Å². The van der Waals surface area contributed by atoms with Crippen molar-refractivity contribution in [3.63, 3.8) is 0 Å². The number of anilines is 1. The second-order valence-corrected chi connectivity index (χ2v) is 8.01. The zero-order chi connectivity index (χ0) is 19.3. The SMILES string of the molecule is Cc1cc(=O)n2cc(C)c(N3CCc4nc(-c5ccccn5)sc4C3)nc2n1. The number of hydrogen-bond acceptors (Lipinski definition) is 7. The fraction of sp³-hybridized carbons (Fsp3) is 0.250. The molecule has 0 amide bonds. The van der Waals surface area contributed by atoms with E-state index in [1.54, 1.807) is 17.5 Å². The first kappa shape index (κ1) is 17.0. The molecule has 4 aromatic heterocycles. The van der Waals surface area contributed by atoms with E-state index in [2.05, 4.69) is 14.9 Å². The number of aryl methyl sites for hydroxylation is 2. The summed E-state index contributed by atoms with van der Waals surface area (Å²) < 4.78 is 1.51. The van der Waals surface area contributed by atoms with Crippen LogP contribution < -0.4 is 10.5 Å². The lowest BCUT2D eigenvalue weighted by atomic mass is 10.1. The summed E-state index contributed by atoms with van der Waals surface area (Å²) in [4.78, 5) is 34.0. The van der Waals surface area contributed by atoms with Crippen LogP contribution in [-0.4, -0.2) is 30.9 Å². The molecule has 140 valence electrons. The fourth-order valence-corrected chi connectivity index (χ4v) is 4.62. The Morgan fingerprint density at radius 2 is 2.04 bits per heavy atom. The van der Waals surface area contributed by atoms with E-state index in [0.29, 0.717) is 11.5 Å². The van der Waals surface area contributed by atoms with Crippen molar-refractivity contribution in [2.45, 2.75) is 26.8 Å². The maximum atomic E-state index is 12.2. The minimum atomic E-state index is -0.104. The van der Waals surface area contributed by atoms with Gasteiger partial charge >= 0.3 is 0 Å². The van der Waals surface area contributed by atoms with Crippen molar-refractivity contribution >= 4 is 22.9 Å². The molecule has 0 saturated heterocycles. The molecule has 0 N–H and O–H groups in total. The van der Waals surface area contributed by atoms with Gasteiger partial charge in [-0.05, 0) is 26.0 Å². The molecule has 0 aliphatic carbocycles. The van der Waals surface area contributed by atoms with Crippen LogP contribution in [0, 0.1) is 13.8 Å². The van der Waals surface area contributed by atoms with Gasteiger partial charge in [0.15, 0.2) is 0 Å². The second kappa shape index (κ2) is 6.49. The summed E-state index contributed by atoms with van der Waals surface area (Å²) >= 11 is 1.69. The average molecular weight is 390 g/mol. The van der Waals surface area contributed by atoms with Crippen molar-refractivity contribution in [1.29, 1.82) is 0 Å². The summed E-state index contributed by atoms with van der Waals surface area (Å²) in [6, 6.07) is 7.41. The Bertz CT molecular complexity index is 1250. The minimum absolute atomic E-state index is 0.104. The van der Waals surface area contributed by atoms with Gasteiger partial charge in [0.25, 0.3) is 5.56 Å². The molecule has 0 radical (unpaired) electrons. The summed E-state index contributed by atoms with van der Waals surface area (Å²) in [7, 11) is 0. The maximum Gasteiger partial charge on any atom is 0.259 e. The average Bonchev–Trinajstić information content (AvgIpc) is 3.12. The third kappa shape index (κ3) is 2.86. The number of aromatic nitrogens is 5. The number of rotatable bonds is 2. The third-order valence-electron chi connectivity index (χ3n) is 4.86. The van der Waals surface area contributed by atoms with Crippen LogP contribution in [0.15, 0.2) is 41.5 Å². The molecule has 28 heavy (non-hydrogen) atoms. The molecule has 5 heterocycles. The van der Waals surface area contributed by atoms with Gasteiger partial charge in [0, 0.05) is 47.6 Å². The first-order valence-electron chi connectivity index (χ1n) is 9.11. The van der Waals surface area contributed by atoms with Crippen LogP contribution in [0.2, 0.25) is 0 Å². The van der Waals surface area contributed by atoms with Crippen molar-refractivity contribution in [2.75, 3.05) is 11.4 Å². The Balaban J connectivity index is 1.52. The molecule has 4 aromatic rings. The summed E-state index contributed by atoms with van der Waals surface area (Å²) in [5, 5.41) is 0.958. The van der Waals surface area contributed by atoms with E-state index in [-0.39, 0.29) is 5.56 Å². The van der Waals surface area contributed by atoms with Crippen LogP contribution in [-0.2, 0) is 13.0 Å². The van der Waals surface area contributed by atoms with E-state index in [0.717, 1.165) is 47.3 Å². The summed E-state index contributed by atoms with van der Waals surface area (Å²) in [5.41, 5.74) is 3.58. The Morgan fingerprint density at radius 1 is 1.14 bits per heavy atom. The van der Waals surface area contributed by atoms with Gasteiger partial charge in [-0.2, -0.15) is 4.98 Å². The number of pyridine rings is 1. The highest BCUT2D eigenvalue weighted by molar-refractivity contribution is 7.15. The minimum Gasteiger partial charge on any atom is -0.351 e. The van der Waals surface area contributed by atoms with Crippen molar-refractivity contribution in [3.05, 3.63) is 68.8 Å². The lowest BCUT2D eigenvalue weighted by Gasteiger charge is -2.28. The van der Waals surface area contributed by atoms with Gasteiger partial charge in [0.1, 0.15) is 10.8 Å². The summed E-state index contributed by atoms with van der Waals surface area (Å²) in [5.74, 6) is 1.31. The lowest BCUT2D eigenvalue weighted by Crippen LogP contribution is -2.31. The van der Waals surface area contributed by atoms with Crippen molar-refractivity contribution in [3.8, 4) is 10.7 Å². The molecule has 0 atom stereocenters. The highest BCUT2D eigenvalue weighted by atomic mass is 32.1. The monoisotopic (exact) mass is 390 g/mol. The molecule has 1 aliphatic heterocycles. The smallest absolute Gasteiger partial charge is 0.259 e. The fourth-order valence-electron chi connectivity index (χ4n) is 3.52. The Hall–Kier alpha value is -3.13. The van der Waals surface area contributed by atoms with Crippen molar-refractivity contribution < 1.29 is 0 Å². The molecule has 0 fully saturated rings. The third-order valence-corrected chi connectivity index (χ3v) is 5.96. The van der Waals surface area contributed by atoms with Crippen LogP contribution in [0.1, 0.15) is 21.8 Å². The number of thiazole rings is 1. The van der Waals surface area contributed by atoms with E-state index in [4.69, 9.17) is 9.97 Å². The summed E-state index contributed by atoms with van der Waals surface area (Å²) in [6.45, 7) is 5.38. The van der Waals surface area contributed by atoms with Crippen LogP contribution >= 0.6 is 11.3 Å². The van der Waals surface area contributed by atoms with E-state index in [9.17, 15) is 4.79 Å². The zero-order valence-corrected chi connectivity index (χ0v) is 16.4.